The van der Waals surface area contributed by atoms with Gasteiger partial charge >= 0.3 is 11.9 Å². The van der Waals surface area contributed by atoms with Gasteiger partial charge in [-0.05, 0) is 87.3 Å². The Labute approximate surface area is 252 Å². The fourth-order valence-corrected chi connectivity index (χ4v) is 6.42. The summed E-state index contributed by atoms with van der Waals surface area (Å²) in [6.45, 7) is 5.35. The first-order valence-corrected chi connectivity index (χ1v) is 14.9. The van der Waals surface area contributed by atoms with Gasteiger partial charge in [0.15, 0.2) is 28.8 Å². The lowest BCUT2D eigenvalue weighted by Gasteiger charge is -2.37. The van der Waals surface area contributed by atoms with Crippen molar-refractivity contribution in [2.45, 2.75) is 77.2 Å². The molecule has 0 amide bonds. The maximum Gasteiger partial charge on any atom is 0.337 e. The van der Waals surface area contributed by atoms with E-state index < -0.39 is 17.9 Å². The number of carbonyl (C=O) groups excluding carboxylic acids is 3. The minimum Gasteiger partial charge on any atom is -0.493 e. The number of hydrogen-bond donors (Lipinski definition) is 1. The Kier molecular flexibility index (Phi) is 9.08. The number of esters is 2. The van der Waals surface area contributed by atoms with Crippen LogP contribution in [0, 0.1) is 0 Å². The van der Waals surface area contributed by atoms with Crippen molar-refractivity contribution in [2.75, 3.05) is 20.8 Å². The normalized spacial score (nSPS) is 20.3. The molecule has 43 heavy (non-hydrogen) atoms. The Morgan fingerprint density at radius 3 is 2.26 bits per heavy atom. The van der Waals surface area contributed by atoms with E-state index in [1.165, 1.54) is 6.92 Å². The van der Waals surface area contributed by atoms with Gasteiger partial charge < -0.3 is 29.0 Å². The van der Waals surface area contributed by atoms with Gasteiger partial charge in [0, 0.05) is 36.2 Å². The zero-order valence-electron chi connectivity index (χ0n) is 25.4. The molecule has 9 nitrogen and oxygen atoms in total. The van der Waals surface area contributed by atoms with Crippen LogP contribution in [0.1, 0.15) is 82.3 Å². The molecule has 9 heteroatoms. The molecule has 0 bridgehead atoms. The topological polar surface area (TPSA) is 109 Å². The molecule has 1 fully saturated rings. The van der Waals surface area contributed by atoms with Crippen molar-refractivity contribution in [1.29, 1.82) is 0 Å². The quantitative estimate of drug-likeness (QED) is 0.283. The Morgan fingerprint density at radius 2 is 1.58 bits per heavy atom. The van der Waals surface area contributed by atoms with Gasteiger partial charge in [-0.3, -0.25) is 9.59 Å². The molecular weight excluding hydrogens is 550 g/mol. The zero-order valence-corrected chi connectivity index (χ0v) is 25.4. The molecule has 1 heterocycles. The van der Waals surface area contributed by atoms with Crippen LogP contribution in [0.15, 0.2) is 58.9 Å². The van der Waals surface area contributed by atoms with Crippen LogP contribution >= 0.6 is 0 Å². The molecule has 2 atom stereocenters. The molecule has 2 aliphatic carbocycles. The summed E-state index contributed by atoms with van der Waals surface area (Å²) in [4.78, 5) is 39.6. The number of allylic oxidation sites excluding steroid dienone is 3. The first kappa shape index (κ1) is 30.2. The molecule has 2 aromatic rings. The molecule has 3 aliphatic rings. The molecule has 0 saturated heterocycles. The van der Waals surface area contributed by atoms with Crippen LogP contribution in [-0.2, 0) is 19.1 Å². The van der Waals surface area contributed by atoms with Crippen LogP contribution < -0.4 is 24.3 Å². The van der Waals surface area contributed by atoms with Crippen molar-refractivity contribution in [2.24, 2.45) is 0 Å². The molecule has 1 aliphatic heterocycles. The fraction of sp³-hybridized carbons (Fsp3) is 0.441. The highest BCUT2D eigenvalue weighted by molar-refractivity contribution is 6.04. The molecule has 2 unspecified atom stereocenters. The molecule has 1 N–H and O–H groups in total. The molecule has 2 aromatic carbocycles. The minimum atomic E-state index is -0.672. The summed E-state index contributed by atoms with van der Waals surface area (Å²) >= 11 is 0. The Hall–Kier alpha value is -4.27. The second-order valence-corrected chi connectivity index (χ2v) is 11.2. The molecule has 0 spiro atoms. The number of methoxy groups -OCH3 is 2. The molecule has 228 valence electrons. The number of nitrogens with one attached hydrogen (secondary N) is 1. The van der Waals surface area contributed by atoms with E-state index in [2.05, 4.69) is 5.32 Å². The van der Waals surface area contributed by atoms with Gasteiger partial charge in [-0.2, -0.15) is 0 Å². The first-order chi connectivity index (χ1) is 20.7. The van der Waals surface area contributed by atoms with E-state index in [1.54, 1.807) is 32.4 Å². The number of benzene rings is 2. The van der Waals surface area contributed by atoms with E-state index in [0.29, 0.717) is 52.7 Å². The second-order valence-electron chi connectivity index (χ2n) is 11.2. The van der Waals surface area contributed by atoms with Crippen molar-refractivity contribution >= 4 is 17.7 Å². The molecular formula is C34H39NO8. The summed E-state index contributed by atoms with van der Waals surface area (Å²) in [6.07, 6.45) is 4.42. The van der Waals surface area contributed by atoms with Gasteiger partial charge in [0.05, 0.1) is 26.4 Å². The maximum atomic E-state index is 14.1. The van der Waals surface area contributed by atoms with E-state index >= 15 is 0 Å². The smallest absolute Gasteiger partial charge is 0.337 e. The van der Waals surface area contributed by atoms with Gasteiger partial charge in [0.1, 0.15) is 6.10 Å². The Morgan fingerprint density at radius 1 is 0.907 bits per heavy atom. The van der Waals surface area contributed by atoms with Crippen LogP contribution in [0.5, 0.6) is 23.0 Å². The lowest BCUT2D eigenvalue weighted by molar-refractivity contribution is -0.144. The van der Waals surface area contributed by atoms with E-state index in [-0.39, 0.29) is 30.0 Å². The highest BCUT2D eigenvalue weighted by Gasteiger charge is 2.42. The molecule has 1 saturated carbocycles. The van der Waals surface area contributed by atoms with Crippen molar-refractivity contribution < 1.29 is 38.1 Å². The van der Waals surface area contributed by atoms with Crippen LogP contribution in [0.25, 0.3) is 0 Å². The first-order valence-electron chi connectivity index (χ1n) is 14.9. The standard InChI is InChI=1S/C34H39NO8/c1-6-41-30-18-22(12-14-28(30)42-20(3)36)32-31(34(38)43-24-9-7-8-10-24)19(2)35-25-15-23(16-26(37)33(25)32)21-11-13-27(39-4)29(17-21)40-5/h11-14,17-18,23-24,32,35H,6-10,15-16H2,1-5H3. The lowest BCUT2D eigenvalue weighted by atomic mass is 9.71. The molecule has 0 radical (unpaired) electrons. The SMILES string of the molecule is CCOc1cc(C2C(C(=O)OC3CCCC3)=C(C)NC3=C2C(=O)CC(c2ccc(OC)c(OC)c2)C3)ccc1OC(C)=O. The third kappa shape index (κ3) is 6.26. The van der Waals surface area contributed by atoms with Gasteiger partial charge in [-0.15, -0.1) is 0 Å². The molecule has 5 rings (SSSR count). The van der Waals surface area contributed by atoms with Gasteiger partial charge in [0.2, 0.25) is 0 Å². The Balaban J connectivity index is 1.57. The summed E-state index contributed by atoms with van der Waals surface area (Å²) in [7, 11) is 3.18. The summed E-state index contributed by atoms with van der Waals surface area (Å²) in [5.74, 6) is 0.148. The minimum absolute atomic E-state index is 0.0563. The van der Waals surface area contributed by atoms with Crippen LogP contribution in [0.2, 0.25) is 0 Å². The van der Waals surface area contributed by atoms with Crippen molar-refractivity contribution in [3.05, 3.63) is 70.1 Å². The number of ketones is 1. The summed E-state index contributed by atoms with van der Waals surface area (Å²) in [5, 5.41) is 3.41. The second kappa shape index (κ2) is 12.9. The van der Waals surface area contributed by atoms with E-state index in [4.69, 9.17) is 23.7 Å². The van der Waals surface area contributed by atoms with Gasteiger partial charge in [-0.25, -0.2) is 4.79 Å². The fourth-order valence-electron chi connectivity index (χ4n) is 6.42. The number of carbonyl (C=O) groups is 3. The van der Waals surface area contributed by atoms with E-state index in [1.807, 2.05) is 32.0 Å². The number of hydrogen-bond acceptors (Lipinski definition) is 9. The number of Topliss-reactive ketones (excluding diaryl/α,β-unsaturated/α-hetero) is 1. The van der Waals surface area contributed by atoms with Crippen molar-refractivity contribution in [1.82, 2.24) is 5.32 Å². The van der Waals surface area contributed by atoms with Crippen LogP contribution in [0.3, 0.4) is 0 Å². The Bertz CT molecular complexity index is 1480. The number of dihydropyridines is 1. The largest absolute Gasteiger partial charge is 0.493 e. The molecule has 0 aromatic heterocycles. The predicted octanol–water partition coefficient (Wildman–Crippen LogP) is 5.88. The summed E-state index contributed by atoms with van der Waals surface area (Å²) in [5.41, 5.74) is 4.03. The average molecular weight is 590 g/mol. The van der Waals surface area contributed by atoms with Crippen LogP contribution in [0.4, 0.5) is 0 Å². The van der Waals surface area contributed by atoms with Crippen molar-refractivity contribution in [3.63, 3.8) is 0 Å². The lowest BCUT2D eigenvalue weighted by Crippen LogP contribution is -2.36. The van der Waals surface area contributed by atoms with Gasteiger partial charge in [-0.1, -0.05) is 12.1 Å². The summed E-state index contributed by atoms with van der Waals surface area (Å²) < 4.78 is 28.1. The van der Waals surface area contributed by atoms with Crippen LogP contribution in [-0.4, -0.2) is 44.7 Å². The maximum absolute atomic E-state index is 14.1. The van der Waals surface area contributed by atoms with E-state index in [0.717, 1.165) is 36.9 Å². The highest BCUT2D eigenvalue weighted by atomic mass is 16.6. The highest BCUT2D eigenvalue weighted by Crippen LogP contribution is 2.48. The monoisotopic (exact) mass is 589 g/mol. The number of ether oxygens (including phenoxy) is 5. The third-order valence-corrected chi connectivity index (χ3v) is 8.36. The third-order valence-electron chi connectivity index (χ3n) is 8.36. The van der Waals surface area contributed by atoms with Gasteiger partial charge in [0.25, 0.3) is 0 Å². The van der Waals surface area contributed by atoms with E-state index in [9.17, 15) is 14.4 Å². The zero-order chi connectivity index (χ0) is 30.7. The summed E-state index contributed by atoms with van der Waals surface area (Å²) in [6, 6.07) is 10.9. The van der Waals surface area contributed by atoms with Crippen molar-refractivity contribution in [3.8, 4) is 23.0 Å². The predicted molar refractivity (Wildman–Crippen MR) is 159 cm³/mol. The average Bonchev–Trinajstić information content (AvgIpc) is 3.49. The number of rotatable bonds is 9.